The minimum absolute atomic E-state index is 0.435. The van der Waals surface area contributed by atoms with Crippen LogP contribution in [0.5, 0.6) is 0 Å². The average Bonchev–Trinajstić information content (AvgIpc) is 2.49. The fourth-order valence-corrected chi connectivity index (χ4v) is 1.30. The number of aliphatic carboxylic acids is 1. The summed E-state index contributed by atoms with van der Waals surface area (Å²) < 4.78 is 0. The molecule has 0 aromatic rings. The van der Waals surface area contributed by atoms with Crippen LogP contribution in [0.2, 0.25) is 0 Å². The summed E-state index contributed by atoms with van der Waals surface area (Å²) in [7, 11) is 0. The minimum atomic E-state index is -0.830. The van der Waals surface area contributed by atoms with Gasteiger partial charge in [0, 0.05) is 13.0 Å². The van der Waals surface area contributed by atoms with Crippen LogP contribution in [0.1, 0.15) is 6.42 Å². The number of aliphatic imine (C=N–C) groups is 1. The molecule has 0 bridgehead atoms. The molecule has 0 unspecified atom stereocenters. The SMILES string of the molecule is O=C(O)[C@H]1CC2=C(CN1)N=C[N]2. The van der Waals surface area contributed by atoms with E-state index in [1.165, 1.54) is 6.34 Å². The smallest absolute Gasteiger partial charge is 0.321 e. The Labute approximate surface area is 69.2 Å². The van der Waals surface area contributed by atoms with Crippen molar-refractivity contribution in [2.45, 2.75) is 12.5 Å². The van der Waals surface area contributed by atoms with E-state index in [9.17, 15) is 4.79 Å². The third kappa shape index (κ3) is 1.08. The molecule has 0 aliphatic carbocycles. The highest BCUT2D eigenvalue weighted by molar-refractivity contribution is 5.75. The van der Waals surface area contributed by atoms with Crippen molar-refractivity contribution >= 4 is 12.3 Å². The first kappa shape index (κ1) is 7.30. The topological polar surface area (TPSA) is 75.8 Å². The Balaban J connectivity index is 2.11. The molecule has 0 saturated heterocycles. The van der Waals surface area contributed by atoms with E-state index in [0.29, 0.717) is 13.0 Å². The van der Waals surface area contributed by atoms with Gasteiger partial charge in [0.1, 0.15) is 12.4 Å². The fourth-order valence-electron chi connectivity index (χ4n) is 1.30. The van der Waals surface area contributed by atoms with E-state index in [2.05, 4.69) is 15.6 Å². The molecule has 5 nitrogen and oxygen atoms in total. The Morgan fingerprint density at radius 2 is 2.50 bits per heavy atom. The Kier molecular flexibility index (Phi) is 1.58. The van der Waals surface area contributed by atoms with E-state index in [0.717, 1.165) is 11.4 Å². The molecule has 2 aliphatic rings. The molecule has 1 atom stereocenters. The molecule has 0 amide bonds. The number of nitrogens with zero attached hydrogens (tertiary/aromatic N) is 2. The van der Waals surface area contributed by atoms with Gasteiger partial charge >= 0.3 is 5.97 Å². The van der Waals surface area contributed by atoms with Crippen LogP contribution in [0.4, 0.5) is 0 Å². The van der Waals surface area contributed by atoms with Gasteiger partial charge in [-0.3, -0.25) is 10.1 Å². The van der Waals surface area contributed by atoms with Gasteiger partial charge < -0.3 is 5.11 Å². The van der Waals surface area contributed by atoms with Crippen LogP contribution >= 0.6 is 0 Å². The molecule has 0 aromatic heterocycles. The third-order valence-corrected chi connectivity index (χ3v) is 1.97. The molecule has 2 aliphatic heterocycles. The Hall–Kier alpha value is -1.36. The lowest BCUT2D eigenvalue weighted by molar-refractivity contribution is -0.139. The summed E-state index contributed by atoms with van der Waals surface area (Å²) in [5.41, 5.74) is 1.67. The summed E-state index contributed by atoms with van der Waals surface area (Å²) in [6, 6.07) is -0.505. The largest absolute Gasteiger partial charge is 0.480 e. The summed E-state index contributed by atoms with van der Waals surface area (Å²) in [5, 5.41) is 15.5. The Morgan fingerprint density at radius 3 is 3.25 bits per heavy atom. The van der Waals surface area contributed by atoms with Crippen molar-refractivity contribution in [1.82, 2.24) is 10.6 Å². The predicted octanol–water partition coefficient (Wildman–Crippen LogP) is -0.709. The van der Waals surface area contributed by atoms with Gasteiger partial charge in [0.05, 0.1) is 11.4 Å². The molecular formula is C7H8N3O2. The standard InChI is InChI=1S/C7H8N3O2/c11-7(12)5-1-4-6(2-8-5)10-3-9-4/h3,5,8H,1-2H2,(H,11,12)/t5-/m1/s1. The van der Waals surface area contributed by atoms with Gasteiger partial charge in [0.25, 0.3) is 0 Å². The zero-order chi connectivity index (χ0) is 8.55. The van der Waals surface area contributed by atoms with Crippen molar-refractivity contribution < 1.29 is 9.90 Å². The van der Waals surface area contributed by atoms with E-state index < -0.39 is 12.0 Å². The van der Waals surface area contributed by atoms with Crippen LogP contribution < -0.4 is 10.6 Å². The molecular weight excluding hydrogens is 158 g/mol. The fraction of sp³-hybridized carbons (Fsp3) is 0.429. The first-order valence-corrected chi connectivity index (χ1v) is 3.69. The van der Waals surface area contributed by atoms with E-state index in [-0.39, 0.29) is 0 Å². The second kappa shape index (κ2) is 2.60. The van der Waals surface area contributed by atoms with Crippen LogP contribution in [0.3, 0.4) is 0 Å². The molecule has 5 heteroatoms. The van der Waals surface area contributed by atoms with Crippen LogP contribution in [-0.4, -0.2) is 30.0 Å². The van der Waals surface area contributed by atoms with Crippen LogP contribution in [0.15, 0.2) is 16.4 Å². The molecule has 12 heavy (non-hydrogen) atoms. The molecule has 2 N–H and O–H groups in total. The molecule has 2 rings (SSSR count). The second-order valence-corrected chi connectivity index (χ2v) is 2.74. The normalized spacial score (nSPS) is 26.8. The molecule has 1 radical (unpaired) electrons. The maximum absolute atomic E-state index is 10.6. The van der Waals surface area contributed by atoms with E-state index in [1.807, 2.05) is 0 Å². The van der Waals surface area contributed by atoms with E-state index in [1.54, 1.807) is 0 Å². The highest BCUT2D eigenvalue weighted by Crippen LogP contribution is 2.18. The molecule has 0 saturated carbocycles. The Bertz CT molecular complexity index is 282. The van der Waals surface area contributed by atoms with Crippen molar-refractivity contribution in [2.75, 3.05) is 6.54 Å². The van der Waals surface area contributed by atoms with Crippen molar-refractivity contribution in [3.63, 3.8) is 0 Å². The van der Waals surface area contributed by atoms with E-state index >= 15 is 0 Å². The predicted molar refractivity (Wildman–Crippen MR) is 41.7 cm³/mol. The monoisotopic (exact) mass is 166 g/mol. The molecule has 2 heterocycles. The van der Waals surface area contributed by atoms with Crippen molar-refractivity contribution in [3.8, 4) is 0 Å². The third-order valence-electron chi connectivity index (χ3n) is 1.97. The molecule has 0 fully saturated rings. The number of carboxylic acids is 1. The molecule has 0 aromatic carbocycles. The van der Waals surface area contributed by atoms with Crippen LogP contribution in [0.25, 0.3) is 0 Å². The summed E-state index contributed by atoms with van der Waals surface area (Å²) in [6.07, 6.45) is 1.90. The van der Waals surface area contributed by atoms with Crippen LogP contribution in [0, 0.1) is 0 Å². The van der Waals surface area contributed by atoms with Crippen molar-refractivity contribution in [3.05, 3.63) is 11.4 Å². The zero-order valence-electron chi connectivity index (χ0n) is 6.32. The summed E-state index contributed by atoms with van der Waals surface area (Å²) in [4.78, 5) is 14.6. The number of hydrogen-bond donors (Lipinski definition) is 2. The highest BCUT2D eigenvalue weighted by atomic mass is 16.4. The summed E-state index contributed by atoms with van der Waals surface area (Å²) >= 11 is 0. The van der Waals surface area contributed by atoms with Gasteiger partial charge in [0.2, 0.25) is 0 Å². The maximum Gasteiger partial charge on any atom is 0.321 e. The quantitative estimate of drug-likeness (QED) is 0.540. The first-order chi connectivity index (χ1) is 5.77. The van der Waals surface area contributed by atoms with Crippen LogP contribution in [-0.2, 0) is 4.79 Å². The lowest BCUT2D eigenvalue weighted by Crippen LogP contribution is -2.41. The van der Waals surface area contributed by atoms with Gasteiger partial charge in [-0.1, -0.05) is 0 Å². The molecule has 63 valence electrons. The van der Waals surface area contributed by atoms with Crippen molar-refractivity contribution in [1.29, 1.82) is 0 Å². The average molecular weight is 166 g/mol. The highest BCUT2D eigenvalue weighted by Gasteiger charge is 2.27. The Morgan fingerprint density at radius 1 is 1.67 bits per heavy atom. The van der Waals surface area contributed by atoms with Gasteiger partial charge in [-0.05, 0) is 0 Å². The van der Waals surface area contributed by atoms with Crippen molar-refractivity contribution in [2.24, 2.45) is 4.99 Å². The summed E-state index contributed by atoms with van der Waals surface area (Å²) in [5.74, 6) is -0.830. The number of carbonyl (C=O) groups is 1. The molecule has 0 spiro atoms. The number of hydrogen-bond acceptors (Lipinski definition) is 3. The maximum atomic E-state index is 10.6. The lowest BCUT2D eigenvalue weighted by atomic mass is 10.1. The number of rotatable bonds is 1. The van der Waals surface area contributed by atoms with E-state index in [4.69, 9.17) is 5.11 Å². The van der Waals surface area contributed by atoms with Gasteiger partial charge in [0.15, 0.2) is 0 Å². The lowest BCUT2D eigenvalue weighted by Gasteiger charge is -2.19. The first-order valence-electron chi connectivity index (χ1n) is 3.69. The number of carboxylic acid groups (broad SMARTS) is 1. The van der Waals surface area contributed by atoms with Gasteiger partial charge in [-0.25, -0.2) is 10.3 Å². The van der Waals surface area contributed by atoms with Gasteiger partial charge in [-0.2, -0.15) is 0 Å². The minimum Gasteiger partial charge on any atom is -0.480 e. The zero-order valence-corrected chi connectivity index (χ0v) is 6.32. The number of nitrogens with one attached hydrogen (secondary N) is 1. The van der Waals surface area contributed by atoms with Gasteiger partial charge in [-0.15, -0.1) is 0 Å². The second-order valence-electron chi connectivity index (χ2n) is 2.74. The summed E-state index contributed by atoms with van der Waals surface area (Å²) in [6.45, 7) is 0.506.